The van der Waals surface area contributed by atoms with E-state index in [1.54, 1.807) is 30.7 Å². The van der Waals surface area contributed by atoms with Crippen molar-refractivity contribution in [3.63, 3.8) is 0 Å². The predicted octanol–water partition coefficient (Wildman–Crippen LogP) is 2.86. The minimum atomic E-state index is -3.80. The van der Waals surface area contributed by atoms with Crippen molar-refractivity contribution in [3.8, 4) is 0 Å². The van der Waals surface area contributed by atoms with Gasteiger partial charge in [0.2, 0.25) is 0 Å². The van der Waals surface area contributed by atoms with Gasteiger partial charge < -0.3 is 5.11 Å². The molecule has 0 fully saturated rings. The molecule has 0 saturated carbocycles. The van der Waals surface area contributed by atoms with Gasteiger partial charge in [-0.1, -0.05) is 0 Å². The van der Waals surface area contributed by atoms with Crippen LogP contribution in [0, 0.1) is 13.8 Å². The van der Waals surface area contributed by atoms with Crippen LogP contribution >= 0.6 is 11.3 Å². The minimum absolute atomic E-state index is 0.0129. The molecule has 106 valence electrons. The zero-order valence-corrected chi connectivity index (χ0v) is 12.5. The molecule has 1 aromatic heterocycles. The van der Waals surface area contributed by atoms with Crippen LogP contribution in [0.25, 0.3) is 0 Å². The van der Waals surface area contributed by atoms with Crippen LogP contribution in [0.1, 0.15) is 21.5 Å². The third-order valence-electron chi connectivity index (χ3n) is 2.93. The van der Waals surface area contributed by atoms with Crippen LogP contribution < -0.4 is 4.72 Å². The predicted molar refractivity (Wildman–Crippen MR) is 78.0 cm³/mol. The maximum absolute atomic E-state index is 12.3. The number of carbonyl (C=O) groups is 1. The molecular formula is C13H13NO4S2. The molecule has 7 heteroatoms. The number of hydrogen-bond donors (Lipinski definition) is 2. The Bertz CT molecular complexity index is 749. The second-order valence-electron chi connectivity index (χ2n) is 4.34. The molecule has 0 atom stereocenters. The Morgan fingerprint density at radius 3 is 2.55 bits per heavy atom. The second-order valence-corrected chi connectivity index (χ2v) is 6.77. The van der Waals surface area contributed by atoms with Gasteiger partial charge in [0.05, 0.1) is 16.1 Å². The number of anilines is 1. The molecule has 0 amide bonds. The molecule has 1 heterocycles. The third-order valence-corrected chi connectivity index (χ3v) is 5.12. The fraction of sp³-hybridized carbons (Fsp3) is 0.154. The van der Waals surface area contributed by atoms with E-state index in [2.05, 4.69) is 4.72 Å². The Hall–Kier alpha value is -1.86. The molecule has 0 unspecified atom stereocenters. The van der Waals surface area contributed by atoms with Gasteiger partial charge in [0.1, 0.15) is 0 Å². The highest BCUT2D eigenvalue weighted by molar-refractivity contribution is 7.92. The summed E-state index contributed by atoms with van der Waals surface area (Å²) in [7, 11) is -3.80. The Kier molecular flexibility index (Phi) is 3.82. The van der Waals surface area contributed by atoms with Gasteiger partial charge >= 0.3 is 5.97 Å². The van der Waals surface area contributed by atoms with Crippen LogP contribution in [0.15, 0.2) is 33.9 Å². The normalized spacial score (nSPS) is 11.3. The van der Waals surface area contributed by atoms with Crippen LogP contribution in [-0.2, 0) is 10.0 Å². The summed E-state index contributed by atoms with van der Waals surface area (Å²) in [5, 5.41) is 12.5. The van der Waals surface area contributed by atoms with Crippen molar-refractivity contribution in [1.29, 1.82) is 0 Å². The summed E-state index contributed by atoms with van der Waals surface area (Å²) >= 11 is 1.37. The molecule has 0 bridgehead atoms. The van der Waals surface area contributed by atoms with Crippen molar-refractivity contribution in [2.75, 3.05) is 4.72 Å². The summed E-state index contributed by atoms with van der Waals surface area (Å²) in [5.74, 6) is -1.15. The first kappa shape index (κ1) is 14.5. The maximum Gasteiger partial charge on any atom is 0.335 e. The molecule has 0 aliphatic heterocycles. The smallest absolute Gasteiger partial charge is 0.335 e. The van der Waals surface area contributed by atoms with Crippen LogP contribution in [0.2, 0.25) is 0 Å². The van der Waals surface area contributed by atoms with E-state index in [4.69, 9.17) is 5.11 Å². The lowest BCUT2D eigenvalue weighted by Gasteiger charge is -2.12. The molecule has 1 aromatic carbocycles. The highest BCUT2D eigenvalue weighted by Crippen LogP contribution is 2.24. The first-order chi connectivity index (χ1) is 9.31. The largest absolute Gasteiger partial charge is 0.478 e. The van der Waals surface area contributed by atoms with Crippen LogP contribution in [-0.4, -0.2) is 19.5 Å². The lowest BCUT2D eigenvalue weighted by atomic mass is 10.1. The maximum atomic E-state index is 12.3. The third kappa shape index (κ3) is 2.83. The van der Waals surface area contributed by atoms with E-state index in [9.17, 15) is 13.2 Å². The molecule has 2 rings (SSSR count). The van der Waals surface area contributed by atoms with Crippen molar-refractivity contribution in [2.24, 2.45) is 0 Å². The SMILES string of the molecule is Cc1cc(C(=O)O)cc(S(=O)(=O)Nc2ccsc2)c1C. The summed E-state index contributed by atoms with van der Waals surface area (Å²) < 4.78 is 27.1. The highest BCUT2D eigenvalue weighted by atomic mass is 32.2. The minimum Gasteiger partial charge on any atom is -0.478 e. The van der Waals surface area contributed by atoms with Crippen LogP contribution in [0.4, 0.5) is 5.69 Å². The Morgan fingerprint density at radius 2 is 2.00 bits per heavy atom. The molecule has 2 aromatic rings. The molecule has 0 aliphatic rings. The van der Waals surface area contributed by atoms with E-state index in [1.165, 1.54) is 23.5 Å². The average molecular weight is 311 g/mol. The van der Waals surface area contributed by atoms with E-state index in [-0.39, 0.29) is 10.5 Å². The molecule has 20 heavy (non-hydrogen) atoms. The van der Waals surface area contributed by atoms with Gasteiger partial charge in [-0.05, 0) is 48.6 Å². The fourth-order valence-electron chi connectivity index (χ4n) is 1.76. The number of nitrogens with one attached hydrogen (secondary N) is 1. The number of rotatable bonds is 4. The zero-order valence-electron chi connectivity index (χ0n) is 10.9. The quantitative estimate of drug-likeness (QED) is 0.909. The van der Waals surface area contributed by atoms with Gasteiger partial charge in [-0.2, -0.15) is 11.3 Å². The first-order valence-electron chi connectivity index (χ1n) is 5.71. The summed E-state index contributed by atoms with van der Waals surface area (Å²) in [6.45, 7) is 3.34. The number of aryl methyl sites for hydroxylation is 1. The van der Waals surface area contributed by atoms with Crippen molar-refractivity contribution in [1.82, 2.24) is 0 Å². The monoisotopic (exact) mass is 311 g/mol. The van der Waals surface area contributed by atoms with Gasteiger partial charge in [0, 0.05) is 5.38 Å². The van der Waals surface area contributed by atoms with Gasteiger partial charge in [0.15, 0.2) is 0 Å². The van der Waals surface area contributed by atoms with E-state index < -0.39 is 16.0 Å². The van der Waals surface area contributed by atoms with Crippen molar-refractivity contribution in [2.45, 2.75) is 18.7 Å². The molecule has 0 saturated heterocycles. The Morgan fingerprint density at radius 1 is 1.30 bits per heavy atom. The summed E-state index contributed by atoms with van der Waals surface area (Å²) in [4.78, 5) is 11.0. The highest BCUT2D eigenvalue weighted by Gasteiger charge is 2.21. The van der Waals surface area contributed by atoms with E-state index in [0.717, 1.165) is 0 Å². The summed E-state index contributed by atoms with van der Waals surface area (Å²) in [6, 6.07) is 4.28. The van der Waals surface area contributed by atoms with Crippen LogP contribution in [0.3, 0.4) is 0 Å². The molecule has 0 radical (unpaired) electrons. The Balaban J connectivity index is 2.53. The number of carboxylic acids is 1. The molecule has 0 aliphatic carbocycles. The standard InChI is InChI=1S/C13H13NO4S2/c1-8-5-10(13(15)16)6-12(9(8)2)20(17,18)14-11-3-4-19-7-11/h3-7,14H,1-2H3,(H,15,16). The van der Waals surface area contributed by atoms with Gasteiger partial charge in [-0.3, -0.25) is 4.72 Å². The number of thiophene rings is 1. The molecule has 5 nitrogen and oxygen atoms in total. The molecular weight excluding hydrogens is 298 g/mol. The number of carboxylic acid groups (broad SMARTS) is 1. The van der Waals surface area contributed by atoms with Crippen molar-refractivity contribution >= 4 is 33.0 Å². The molecule has 0 spiro atoms. The number of hydrogen-bond acceptors (Lipinski definition) is 4. The lowest BCUT2D eigenvalue weighted by molar-refractivity contribution is 0.0696. The topological polar surface area (TPSA) is 83.5 Å². The van der Waals surface area contributed by atoms with Crippen LogP contribution in [0.5, 0.6) is 0 Å². The fourth-order valence-corrected chi connectivity index (χ4v) is 3.82. The number of benzene rings is 1. The zero-order chi connectivity index (χ0) is 14.9. The Labute approximate surface area is 120 Å². The van der Waals surface area contributed by atoms with Gasteiger partial charge in [-0.25, -0.2) is 13.2 Å². The van der Waals surface area contributed by atoms with Gasteiger partial charge in [0.25, 0.3) is 10.0 Å². The van der Waals surface area contributed by atoms with E-state index >= 15 is 0 Å². The number of aromatic carboxylic acids is 1. The second kappa shape index (κ2) is 5.26. The van der Waals surface area contributed by atoms with Crippen molar-refractivity contribution < 1.29 is 18.3 Å². The van der Waals surface area contributed by atoms with Gasteiger partial charge in [-0.15, -0.1) is 0 Å². The first-order valence-corrected chi connectivity index (χ1v) is 8.13. The van der Waals surface area contributed by atoms with E-state index in [0.29, 0.717) is 16.8 Å². The number of sulfonamides is 1. The van der Waals surface area contributed by atoms with E-state index in [1.807, 2.05) is 0 Å². The summed E-state index contributed by atoms with van der Waals surface area (Å²) in [6.07, 6.45) is 0. The summed E-state index contributed by atoms with van der Waals surface area (Å²) in [5.41, 5.74) is 1.58. The lowest BCUT2D eigenvalue weighted by Crippen LogP contribution is -2.15. The molecule has 2 N–H and O–H groups in total. The van der Waals surface area contributed by atoms with Crippen molar-refractivity contribution in [3.05, 3.63) is 45.6 Å². The average Bonchev–Trinajstić information content (AvgIpc) is 2.83.